The van der Waals surface area contributed by atoms with E-state index in [2.05, 4.69) is 42.8 Å². The van der Waals surface area contributed by atoms with Crippen LogP contribution in [0.3, 0.4) is 0 Å². The summed E-state index contributed by atoms with van der Waals surface area (Å²) in [5.41, 5.74) is 10.6. The Morgan fingerprint density at radius 2 is 2.00 bits per heavy atom. The molecule has 0 saturated heterocycles. The van der Waals surface area contributed by atoms with E-state index in [1.807, 2.05) is 0 Å². The van der Waals surface area contributed by atoms with Crippen molar-refractivity contribution in [2.24, 2.45) is 5.73 Å². The number of hydrogen-bond donors (Lipinski definition) is 1. The molecule has 0 fully saturated rings. The van der Waals surface area contributed by atoms with E-state index in [-0.39, 0.29) is 0 Å². The van der Waals surface area contributed by atoms with Crippen LogP contribution in [0.5, 0.6) is 5.75 Å². The molecule has 2 aromatic rings. The van der Waals surface area contributed by atoms with Crippen molar-refractivity contribution in [3.8, 4) is 16.9 Å². The minimum absolute atomic E-state index is 0.504. The average Bonchev–Trinajstić information content (AvgIpc) is 2.85. The van der Waals surface area contributed by atoms with Gasteiger partial charge in [0.2, 0.25) is 0 Å². The molecule has 0 radical (unpaired) electrons. The summed E-state index contributed by atoms with van der Waals surface area (Å²) in [6.07, 6.45) is 0. The molecule has 1 aromatic heterocycles. The van der Waals surface area contributed by atoms with Gasteiger partial charge in [-0.15, -0.1) is 0 Å². The molecular weight excluding hydrogens is 242 g/mol. The Hall–Kier alpha value is -1.32. The molecule has 0 amide bonds. The van der Waals surface area contributed by atoms with Gasteiger partial charge in [0.1, 0.15) is 5.75 Å². The minimum atomic E-state index is 0.504. The standard InChI is InChI=1S/C15H19NOS/c1-10(2)11-4-5-13(15(6-11)17-3)14-9-18-8-12(14)7-16/h4-6,8-10H,7,16H2,1-3H3. The molecule has 0 bridgehead atoms. The fourth-order valence-corrected chi connectivity index (χ4v) is 2.88. The first kappa shape index (κ1) is 13.1. The topological polar surface area (TPSA) is 35.2 Å². The molecule has 3 heteroatoms. The van der Waals surface area contributed by atoms with Crippen molar-refractivity contribution in [2.75, 3.05) is 7.11 Å². The molecule has 2 N–H and O–H groups in total. The molecule has 1 aromatic carbocycles. The highest BCUT2D eigenvalue weighted by molar-refractivity contribution is 7.08. The van der Waals surface area contributed by atoms with Gasteiger partial charge in [0.15, 0.2) is 0 Å². The Morgan fingerprint density at radius 1 is 1.22 bits per heavy atom. The van der Waals surface area contributed by atoms with Crippen LogP contribution in [0.2, 0.25) is 0 Å². The zero-order chi connectivity index (χ0) is 13.1. The summed E-state index contributed by atoms with van der Waals surface area (Å²) in [7, 11) is 1.72. The second kappa shape index (κ2) is 5.55. The lowest BCUT2D eigenvalue weighted by atomic mass is 9.97. The molecule has 0 aliphatic heterocycles. The van der Waals surface area contributed by atoms with E-state index in [0.29, 0.717) is 12.5 Å². The zero-order valence-electron chi connectivity index (χ0n) is 11.1. The monoisotopic (exact) mass is 261 g/mol. The molecule has 0 saturated carbocycles. The molecule has 96 valence electrons. The zero-order valence-corrected chi connectivity index (χ0v) is 11.9. The van der Waals surface area contributed by atoms with E-state index in [1.54, 1.807) is 18.4 Å². The van der Waals surface area contributed by atoms with Crippen molar-refractivity contribution in [3.05, 3.63) is 40.1 Å². The van der Waals surface area contributed by atoms with Gasteiger partial charge in [0, 0.05) is 17.7 Å². The Balaban J connectivity index is 2.51. The van der Waals surface area contributed by atoms with Crippen LogP contribution >= 0.6 is 11.3 Å². The normalized spacial score (nSPS) is 10.9. The highest BCUT2D eigenvalue weighted by Crippen LogP contribution is 2.36. The summed E-state index contributed by atoms with van der Waals surface area (Å²) < 4.78 is 5.52. The van der Waals surface area contributed by atoms with Crippen molar-refractivity contribution < 1.29 is 4.74 Å². The second-order valence-corrected chi connectivity index (χ2v) is 5.37. The average molecular weight is 261 g/mol. The van der Waals surface area contributed by atoms with Crippen LogP contribution in [0.15, 0.2) is 29.0 Å². The number of rotatable bonds is 4. The van der Waals surface area contributed by atoms with Crippen molar-refractivity contribution in [1.82, 2.24) is 0 Å². The Bertz CT molecular complexity index is 531. The van der Waals surface area contributed by atoms with Crippen LogP contribution in [0, 0.1) is 0 Å². The first-order valence-corrected chi connectivity index (χ1v) is 7.05. The predicted molar refractivity (Wildman–Crippen MR) is 78.3 cm³/mol. The molecule has 0 atom stereocenters. The van der Waals surface area contributed by atoms with Crippen molar-refractivity contribution in [1.29, 1.82) is 0 Å². The maximum absolute atomic E-state index is 5.77. The van der Waals surface area contributed by atoms with Crippen molar-refractivity contribution in [2.45, 2.75) is 26.3 Å². The highest BCUT2D eigenvalue weighted by Gasteiger charge is 2.12. The quantitative estimate of drug-likeness (QED) is 0.902. The third kappa shape index (κ3) is 2.42. The fraction of sp³-hybridized carbons (Fsp3) is 0.333. The van der Waals surface area contributed by atoms with E-state index >= 15 is 0 Å². The number of ether oxygens (including phenoxy) is 1. The van der Waals surface area contributed by atoms with Crippen LogP contribution in [-0.2, 0) is 6.54 Å². The molecule has 0 unspecified atom stereocenters. The van der Waals surface area contributed by atoms with Crippen LogP contribution in [0.25, 0.3) is 11.1 Å². The predicted octanol–water partition coefficient (Wildman–Crippen LogP) is 4.01. The Morgan fingerprint density at radius 3 is 2.61 bits per heavy atom. The smallest absolute Gasteiger partial charge is 0.127 e. The lowest BCUT2D eigenvalue weighted by molar-refractivity contribution is 0.415. The van der Waals surface area contributed by atoms with E-state index in [4.69, 9.17) is 10.5 Å². The maximum Gasteiger partial charge on any atom is 0.127 e. The lowest BCUT2D eigenvalue weighted by Gasteiger charge is -2.13. The number of benzene rings is 1. The third-order valence-corrected chi connectivity index (χ3v) is 3.94. The van der Waals surface area contributed by atoms with Gasteiger partial charge >= 0.3 is 0 Å². The summed E-state index contributed by atoms with van der Waals surface area (Å²) in [6, 6.07) is 6.42. The number of nitrogens with two attached hydrogens (primary N) is 1. The Labute approximate surface area is 112 Å². The van der Waals surface area contributed by atoms with Gasteiger partial charge in [0.25, 0.3) is 0 Å². The Kier molecular flexibility index (Phi) is 4.04. The second-order valence-electron chi connectivity index (χ2n) is 4.63. The van der Waals surface area contributed by atoms with Gasteiger partial charge in [-0.1, -0.05) is 26.0 Å². The van der Waals surface area contributed by atoms with E-state index < -0.39 is 0 Å². The highest BCUT2D eigenvalue weighted by atomic mass is 32.1. The molecule has 2 rings (SSSR count). The molecule has 18 heavy (non-hydrogen) atoms. The van der Waals surface area contributed by atoms with Crippen LogP contribution < -0.4 is 10.5 Å². The molecule has 1 heterocycles. The minimum Gasteiger partial charge on any atom is -0.496 e. The third-order valence-electron chi connectivity index (χ3n) is 3.14. The molecular formula is C15H19NOS. The van der Waals surface area contributed by atoms with Crippen LogP contribution in [-0.4, -0.2) is 7.11 Å². The van der Waals surface area contributed by atoms with E-state index in [1.165, 1.54) is 16.7 Å². The van der Waals surface area contributed by atoms with Gasteiger partial charge in [0.05, 0.1) is 7.11 Å². The van der Waals surface area contributed by atoms with E-state index in [9.17, 15) is 0 Å². The van der Waals surface area contributed by atoms with Crippen LogP contribution in [0.4, 0.5) is 0 Å². The summed E-state index contributed by atoms with van der Waals surface area (Å²) >= 11 is 1.68. The summed E-state index contributed by atoms with van der Waals surface area (Å²) in [5, 5.41) is 4.24. The lowest BCUT2D eigenvalue weighted by Crippen LogP contribution is -1.98. The number of methoxy groups -OCH3 is 1. The largest absolute Gasteiger partial charge is 0.496 e. The van der Waals surface area contributed by atoms with Gasteiger partial charge in [-0.05, 0) is 33.9 Å². The fourth-order valence-electron chi connectivity index (χ4n) is 2.01. The first-order valence-electron chi connectivity index (χ1n) is 6.10. The maximum atomic E-state index is 5.77. The number of thiophene rings is 1. The van der Waals surface area contributed by atoms with Gasteiger partial charge in [-0.25, -0.2) is 0 Å². The van der Waals surface area contributed by atoms with E-state index in [0.717, 1.165) is 11.3 Å². The van der Waals surface area contributed by atoms with Gasteiger partial charge < -0.3 is 10.5 Å². The van der Waals surface area contributed by atoms with Crippen molar-refractivity contribution in [3.63, 3.8) is 0 Å². The van der Waals surface area contributed by atoms with Crippen molar-refractivity contribution >= 4 is 11.3 Å². The molecule has 0 aliphatic carbocycles. The first-order chi connectivity index (χ1) is 8.67. The van der Waals surface area contributed by atoms with Gasteiger partial charge in [-0.2, -0.15) is 11.3 Å². The molecule has 2 nitrogen and oxygen atoms in total. The molecule has 0 spiro atoms. The molecule has 0 aliphatic rings. The van der Waals surface area contributed by atoms with Gasteiger partial charge in [-0.3, -0.25) is 0 Å². The number of hydrogen-bond acceptors (Lipinski definition) is 3. The summed E-state index contributed by atoms with van der Waals surface area (Å²) in [4.78, 5) is 0. The summed E-state index contributed by atoms with van der Waals surface area (Å²) in [6.45, 7) is 4.93. The SMILES string of the molecule is COc1cc(C(C)C)ccc1-c1cscc1CN. The summed E-state index contributed by atoms with van der Waals surface area (Å²) in [5.74, 6) is 1.43. The van der Waals surface area contributed by atoms with Crippen LogP contribution in [0.1, 0.15) is 30.9 Å².